The van der Waals surface area contributed by atoms with Crippen molar-refractivity contribution in [1.29, 1.82) is 0 Å². The quantitative estimate of drug-likeness (QED) is 0.390. The molecule has 0 heterocycles. The first-order valence-electron chi connectivity index (χ1n) is 8.09. The van der Waals surface area contributed by atoms with Gasteiger partial charge in [-0.05, 0) is 6.92 Å². The van der Waals surface area contributed by atoms with E-state index in [1.807, 2.05) is 18.2 Å². The SMILES string of the molecule is CC[c-]1[cH-][c-](CC)[c-](CC)[cH-]1.CC[c-]1ccc(C(C)=O)c1.[Ru]. The van der Waals surface area contributed by atoms with Crippen molar-refractivity contribution in [1.82, 2.24) is 0 Å². The number of ketones is 1. The smallest absolute Gasteiger partial charge is 0.0945 e. The maximum absolute atomic E-state index is 10.8. The summed E-state index contributed by atoms with van der Waals surface area (Å²) < 4.78 is 0. The minimum Gasteiger partial charge on any atom is -0.743 e. The predicted molar refractivity (Wildman–Crippen MR) is 91.6 cm³/mol. The zero-order valence-corrected chi connectivity index (χ0v) is 16.2. The minimum absolute atomic E-state index is 0. The number of hydrogen-bond donors (Lipinski definition) is 0. The normalized spacial score (nSPS) is 9.68. The molecule has 0 spiro atoms. The Balaban J connectivity index is 0.000000385. The van der Waals surface area contributed by atoms with Gasteiger partial charge < -0.3 is 33.6 Å². The van der Waals surface area contributed by atoms with Gasteiger partial charge in [-0.25, -0.2) is 25.3 Å². The van der Waals surface area contributed by atoms with E-state index >= 15 is 0 Å². The molecule has 0 N–H and O–H groups in total. The van der Waals surface area contributed by atoms with Gasteiger partial charge in [0.15, 0.2) is 0 Å². The van der Waals surface area contributed by atoms with Crippen LogP contribution in [0.1, 0.15) is 67.2 Å². The predicted octanol–water partition coefficient (Wildman–Crippen LogP) is 5.26. The van der Waals surface area contributed by atoms with Gasteiger partial charge in [0.05, 0.1) is 5.78 Å². The van der Waals surface area contributed by atoms with E-state index in [4.69, 9.17) is 0 Å². The molecule has 2 heteroatoms. The second-order valence-electron chi connectivity index (χ2n) is 5.39. The molecule has 22 heavy (non-hydrogen) atoms. The van der Waals surface area contributed by atoms with Gasteiger partial charge in [0.2, 0.25) is 0 Å². The number of aryl methyl sites for hydroxylation is 4. The third-order valence-corrected chi connectivity index (χ3v) is 3.93. The maximum atomic E-state index is 10.8. The molecule has 0 atom stereocenters. The van der Waals surface area contributed by atoms with Gasteiger partial charge in [-0.1, -0.05) is 34.1 Å². The molecule has 0 unspecified atom stereocenters. The Bertz CT molecular complexity index is 539. The van der Waals surface area contributed by atoms with E-state index in [1.165, 1.54) is 30.4 Å². The molecule has 0 aliphatic heterocycles. The summed E-state index contributed by atoms with van der Waals surface area (Å²) in [6.07, 6.45) is 4.55. The molecule has 0 bridgehead atoms. The summed E-state index contributed by atoms with van der Waals surface area (Å²) in [6, 6.07) is 10.5. The van der Waals surface area contributed by atoms with E-state index in [2.05, 4.69) is 39.8 Å². The van der Waals surface area contributed by atoms with E-state index in [9.17, 15) is 4.79 Å². The fourth-order valence-electron chi connectivity index (χ4n) is 2.47. The Kier molecular flexibility index (Phi) is 10.2. The maximum Gasteiger partial charge on any atom is 0.0945 e. The molecule has 0 fully saturated rings. The van der Waals surface area contributed by atoms with Crippen LogP contribution in [0.2, 0.25) is 0 Å². The Morgan fingerprint density at radius 3 is 1.82 bits per heavy atom. The van der Waals surface area contributed by atoms with E-state index < -0.39 is 0 Å². The summed E-state index contributed by atoms with van der Waals surface area (Å²) in [5, 5.41) is 0. The van der Waals surface area contributed by atoms with Crippen molar-refractivity contribution in [3.8, 4) is 0 Å². The van der Waals surface area contributed by atoms with Crippen LogP contribution >= 0.6 is 0 Å². The van der Waals surface area contributed by atoms with Gasteiger partial charge in [-0.15, -0.1) is 5.56 Å². The molecule has 0 aliphatic carbocycles. The Hall–Kier alpha value is -1.01. The fraction of sp³-hybridized carbons (Fsp3) is 0.450. The van der Waals surface area contributed by atoms with Gasteiger partial charge in [-0.2, -0.15) is 17.7 Å². The topological polar surface area (TPSA) is 17.1 Å². The molecule has 0 aromatic heterocycles. The molecule has 0 radical (unpaired) electrons. The largest absolute Gasteiger partial charge is 0.743 e. The van der Waals surface area contributed by atoms with Crippen LogP contribution in [0.15, 0.2) is 30.3 Å². The van der Waals surface area contributed by atoms with Crippen molar-refractivity contribution >= 4 is 5.78 Å². The van der Waals surface area contributed by atoms with Crippen LogP contribution in [0, 0.1) is 0 Å². The minimum atomic E-state index is 0. The number of carbonyl (C=O) groups excluding carboxylic acids is 1. The van der Waals surface area contributed by atoms with Crippen LogP contribution in [0.4, 0.5) is 0 Å². The number of Topliss-reactive ketones (excluding diaryl/α,β-unsaturated/α-hetero) is 1. The Labute approximate surface area is 148 Å². The van der Waals surface area contributed by atoms with Gasteiger partial charge >= 0.3 is 0 Å². The van der Waals surface area contributed by atoms with Crippen LogP contribution in [0.5, 0.6) is 0 Å². The third-order valence-electron chi connectivity index (χ3n) is 3.93. The molecular formula is C20H28ORu-6. The standard InChI is InChI=1S/C11H17.C9H11O.Ru/c1-4-9-7-10(5-2)11(6-3)8-9;1-3-8-4-5-9(6-8)7(2)10;/h7-8H,4-6H2,1-3H3;4-6H,3H2,1-2H3;/q-5;-1;. The first kappa shape index (κ1) is 21.0. The monoisotopic (exact) mass is 386 g/mol. The summed E-state index contributed by atoms with van der Waals surface area (Å²) in [6.45, 7) is 10.4. The zero-order chi connectivity index (χ0) is 15.8. The van der Waals surface area contributed by atoms with E-state index in [0.29, 0.717) is 0 Å². The molecule has 0 amide bonds. The first-order valence-corrected chi connectivity index (χ1v) is 8.09. The molecule has 0 aliphatic rings. The van der Waals surface area contributed by atoms with Gasteiger partial charge in [0, 0.05) is 19.5 Å². The summed E-state index contributed by atoms with van der Waals surface area (Å²) in [4.78, 5) is 10.8. The molecule has 0 saturated carbocycles. The van der Waals surface area contributed by atoms with E-state index in [1.54, 1.807) is 18.1 Å². The van der Waals surface area contributed by atoms with Crippen LogP contribution < -0.4 is 0 Å². The molecule has 2 aromatic carbocycles. The summed E-state index contributed by atoms with van der Waals surface area (Å²) in [5.41, 5.74) is 6.66. The molecular weight excluding hydrogens is 357 g/mol. The van der Waals surface area contributed by atoms with Gasteiger partial charge in [0.25, 0.3) is 0 Å². The summed E-state index contributed by atoms with van der Waals surface area (Å²) >= 11 is 0. The van der Waals surface area contributed by atoms with E-state index in [0.717, 1.165) is 12.0 Å². The molecule has 1 nitrogen and oxygen atoms in total. The first-order chi connectivity index (χ1) is 10.0. The van der Waals surface area contributed by atoms with Crippen molar-refractivity contribution in [3.63, 3.8) is 0 Å². The average molecular weight is 386 g/mol. The second-order valence-corrected chi connectivity index (χ2v) is 5.39. The van der Waals surface area contributed by atoms with Gasteiger partial charge in [-0.3, -0.25) is 0 Å². The van der Waals surface area contributed by atoms with Crippen molar-refractivity contribution in [2.45, 2.75) is 60.3 Å². The number of rotatable bonds is 5. The Morgan fingerprint density at radius 2 is 1.55 bits per heavy atom. The summed E-state index contributed by atoms with van der Waals surface area (Å²) in [7, 11) is 0. The second kappa shape index (κ2) is 10.7. The average Bonchev–Trinajstić information content (AvgIpc) is 3.13. The van der Waals surface area contributed by atoms with E-state index in [-0.39, 0.29) is 25.3 Å². The van der Waals surface area contributed by atoms with Crippen molar-refractivity contribution in [2.24, 2.45) is 0 Å². The van der Waals surface area contributed by atoms with Crippen molar-refractivity contribution < 1.29 is 24.3 Å². The van der Waals surface area contributed by atoms with Crippen molar-refractivity contribution in [2.75, 3.05) is 0 Å². The van der Waals surface area contributed by atoms with Crippen LogP contribution in [0.3, 0.4) is 0 Å². The third kappa shape index (κ3) is 6.01. The molecule has 128 valence electrons. The number of hydrogen-bond acceptors (Lipinski definition) is 1. The van der Waals surface area contributed by atoms with Crippen LogP contribution in [-0.2, 0) is 45.2 Å². The van der Waals surface area contributed by atoms with Gasteiger partial charge in [0.1, 0.15) is 0 Å². The zero-order valence-electron chi connectivity index (χ0n) is 14.5. The number of carbonyl (C=O) groups is 1. The van der Waals surface area contributed by atoms with Crippen molar-refractivity contribution in [3.05, 3.63) is 58.1 Å². The fourth-order valence-corrected chi connectivity index (χ4v) is 2.47. The molecule has 0 saturated heterocycles. The Morgan fingerprint density at radius 1 is 1.00 bits per heavy atom. The van der Waals surface area contributed by atoms with Crippen LogP contribution in [-0.4, -0.2) is 5.78 Å². The van der Waals surface area contributed by atoms with Crippen LogP contribution in [0.25, 0.3) is 0 Å². The molecule has 2 rings (SSSR count). The summed E-state index contributed by atoms with van der Waals surface area (Å²) in [5.74, 6) is 0.153. The molecule has 2 aromatic rings.